The van der Waals surface area contributed by atoms with Crippen molar-refractivity contribution in [1.29, 1.82) is 0 Å². The average Bonchev–Trinajstić information content (AvgIpc) is 2.74. The summed E-state index contributed by atoms with van der Waals surface area (Å²) in [5.74, 6) is 0.325. The predicted octanol–water partition coefficient (Wildman–Crippen LogP) is 2.22. The molecule has 0 aliphatic carbocycles. The van der Waals surface area contributed by atoms with Crippen LogP contribution in [0, 0.1) is 0 Å². The molecule has 1 aromatic carbocycles. The van der Waals surface area contributed by atoms with Crippen molar-refractivity contribution in [3.8, 4) is 5.75 Å². The number of phenols is 1. The summed E-state index contributed by atoms with van der Waals surface area (Å²) < 4.78 is 1.93. The number of benzene rings is 1. The molecule has 2 rings (SSSR count). The minimum atomic E-state index is 0.325. The summed E-state index contributed by atoms with van der Waals surface area (Å²) in [5.41, 5.74) is 1.25. The first-order chi connectivity index (χ1) is 7.34. The first-order valence-corrected chi connectivity index (χ1v) is 5.10. The van der Waals surface area contributed by atoms with Gasteiger partial charge < -0.3 is 5.11 Å². The Balaban J connectivity index is 1.81. The van der Waals surface area contributed by atoms with Gasteiger partial charge in [-0.3, -0.25) is 4.68 Å². The summed E-state index contributed by atoms with van der Waals surface area (Å²) in [4.78, 5) is 0. The van der Waals surface area contributed by atoms with Crippen LogP contribution in [0.25, 0.3) is 0 Å². The molecule has 0 saturated carbocycles. The van der Waals surface area contributed by atoms with Gasteiger partial charge in [-0.15, -0.1) is 0 Å². The highest BCUT2D eigenvalue weighted by Gasteiger charge is 1.95. The molecule has 3 heteroatoms. The Hall–Kier alpha value is -1.77. The molecule has 0 radical (unpaired) electrons. The first-order valence-electron chi connectivity index (χ1n) is 5.10. The van der Waals surface area contributed by atoms with Crippen LogP contribution in [0.2, 0.25) is 0 Å². The van der Waals surface area contributed by atoms with E-state index in [0.29, 0.717) is 5.75 Å². The van der Waals surface area contributed by atoms with Crippen molar-refractivity contribution in [2.75, 3.05) is 0 Å². The smallest absolute Gasteiger partial charge is 0.115 e. The van der Waals surface area contributed by atoms with Gasteiger partial charge in [-0.2, -0.15) is 5.10 Å². The Morgan fingerprint density at radius 1 is 1.20 bits per heavy atom. The van der Waals surface area contributed by atoms with Crippen LogP contribution < -0.4 is 0 Å². The first kappa shape index (κ1) is 9.77. The van der Waals surface area contributed by atoms with Crippen molar-refractivity contribution in [2.45, 2.75) is 19.4 Å². The van der Waals surface area contributed by atoms with Gasteiger partial charge in [0.15, 0.2) is 0 Å². The number of aryl methyl sites for hydroxylation is 2. The van der Waals surface area contributed by atoms with Crippen molar-refractivity contribution < 1.29 is 5.11 Å². The number of hydrogen-bond acceptors (Lipinski definition) is 2. The molecular formula is C12H14N2O. The van der Waals surface area contributed by atoms with Crippen LogP contribution in [0.4, 0.5) is 0 Å². The standard InChI is InChI=1S/C12H14N2O/c15-12-6-4-11(5-7-12)3-1-9-14-10-2-8-13-14/h2,4-8,10,15H,1,3,9H2. The molecule has 1 N–H and O–H groups in total. The van der Waals surface area contributed by atoms with Crippen molar-refractivity contribution in [3.05, 3.63) is 48.3 Å². The molecule has 78 valence electrons. The number of nitrogens with zero attached hydrogens (tertiary/aromatic N) is 2. The van der Waals surface area contributed by atoms with Gasteiger partial charge in [-0.25, -0.2) is 0 Å². The van der Waals surface area contributed by atoms with E-state index in [1.165, 1.54) is 5.56 Å². The third-order valence-corrected chi connectivity index (χ3v) is 2.35. The van der Waals surface area contributed by atoms with Gasteiger partial charge in [0, 0.05) is 18.9 Å². The highest BCUT2D eigenvalue weighted by Crippen LogP contribution is 2.11. The summed E-state index contributed by atoms with van der Waals surface area (Å²) in [5, 5.41) is 13.3. The second-order valence-electron chi connectivity index (χ2n) is 3.54. The van der Waals surface area contributed by atoms with Crippen LogP contribution in [0.1, 0.15) is 12.0 Å². The van der Waals surface area contributed by atoms with Crippen LogP contribution in [0.5, 0.6) is 5.75 Å². The SMILES string of the molecule is Oc1ccc(CCCn2cccn2)cc1. The van der Waals surface area contributed by atoms with Crippen molar-refractivity contribution in [1.82, 2.24) is 9.78 Å². The Kier molecular flexibility index (Phi) is 3.02. The van der Waals surface area contributed by atoms with Crippen molar-refractivity contribution in [3.63, 3.8) is 0 Å². The second kappa shape index (κ2) is 4.64. The fourth-order valence-corrected chi connectivity index (χ4v) is 1.54. The summed E-state index contributed by atoms with van der Waals surface area (Å²) >= 11 is 0. The summed E-state index contributed by atoms with van der Waals surface area (Å²) in [6, 6.07) is 9.30. The summed E-state index contributed by atoms with van der Waals surface area (Å²) in [6.45, 7) is 0.938. The Labute approximate surface area is 89.0 Å². The maximum atomic E-state index is 9.12. The highest BCUT2D eigenvalue weighted by molar-refractivity contribution is 5.25. The van der Waals surface area contributed by atoms with Gasteiger partial charge in [0.2, 0.25) is 0 Å². The Bertz CT molecular complexity index is 392. The molecule has 0 amide bonds. The number of aromatic hydroxyl groups is 1. The fraction of sp³-hybridized carbons (Fsp3) is 0.250. The number of hydrogen-bond donors (Lipinski definition) is 1. The topological polar surface area (TPSA) is 38.0 Å². The molecule has 0 atom stereocenters. The van der Waals surface area contributed by atoms with E-state index in [1.807, 2.05) is 29.1 Å². The van der Waals surface area contributed by atoms with Gasteiger partial charge in [0.05, 0.1) is 0 Å². The van der Waals surface area contributed by atoms with E-state index in [1.54, 1.807) is 18.3 Å². The molecule has 0 fully saturated rings. The quantitative estimate of drug-likeness (QED) is 0.825. The maximum Gasteiger partial charge on any atom is 0.115 e. The molecule has 0 aliphatic rings. The van der Waals surface area contributed by atoms with E-state index in [-0.39, 0.29) is 0 Å². The molecule has 2 aromatic rings. The number of rotatable bonds is 4. The van der Waals surface area contributed by atoms with Gasteiger partial charge in [0.25, 0.3) is 0 Å². The van der Waals surface area contributed by atoms with Gasteiger partial charge in [-0.1, -0.05) is 12.1 Å². The molecule has 15 heavy (non-hydrogen) atoms. The molecular weight excluding hydrogens is 188 g/mol. The second-order valence-corrected chi connectivity index (χ2v) is 3.54. The Morgan fingerprint density at radius 3 is 2.67 bits per heavy atom. The van der Waals surface area contributed by atoms with Crippen molar-refractivity contribution in [2.24, 2.45) is 0 Å². The Morgan fingerprint density at radius 2 is 2.00 bits per heavy atom. The lowest BCUT2D eigenvalue weighted by Crippen LogP contribution is -1.99. The minimum Gasteiger partial charge on any atom is -0.508 e. The van der Waals surface area contributed by atoms with E-state index in [2.05, 4.69) is 5.10 Å². The van der Waals surface area contributed by atoms with Crippen LogP contribution in [0.15, 0.2) is 42.7 Å². The zero-order chi connectivity index (χ0) is 10.5. The lowest BCUT2D eigenvalue weighted by molar-refractivity contribution is 0.475. The number of phenolic OH excluding ortho intramolecular Hbond substituents is 1. The van der Waals surface area contributed by atoms with Crippen LogP contribution in [-0.4, -0.2) is 14.9 Å². The third-order valence-electron chi connectivity index (χ3n) is 2.35. The molecule has 1 aromatic heterocycles. The van der Waals surface area contributed by atoms with E-state index in [0.717, 1.165) is 19.4 Å². The summed E-state index contributed by atoms with van der Waals surface area (Å²) in [6.07, 6.45) is 5.84. The van der Waals surface area contributed by atoms with Crippen LogP contribution >= 0.6 is 0 Å². The lowest BCUT2D eigenvalue weighted by atomic mass is 10.1. The summed E-state index contributed by atoms with van der Waals surface area (Å²) in [7, 11) is 0. The average molecular weight is 202 g/mol. The van der Waals surface area contributed by atoms with E-state index in [9.17, 15) is 0 Å². The van der Waals surface area contributed by atoms with E-state index in [4.69, 9.17) is 5.11 Å². The minimum absolute atomic E-state index is 0.325. The molecule has 0 saturated heterocycles. The molecule has 0 unspecified atom stereocenters. The largest absolute Gasteiger partial charge is 0.508 e. The fourth-order valence-electron chi connectivity index (χ4n) is 1.54. The van der Waals surface area contributed by atoms with Crippen molar-refractivity contribution >= 4 is 0 Å². The lowest BCUT2D eigenvalue weighted by Gasteiger charge is -2.02. The van der Waals surface area contributed by atoms with Gasteiger partial charge >= 0.3 is 0 Å². The zero-order valence-corrected chi connectivity index (χ0v) is 8.50. The monoisotopic (exact) mass is 202 g/mol. The molecule has 3 nitrogen and oxygen atoms in total. The third kappa shape index (κ3) is 2.84. The molecule has 0 aliphatic heterocycles. The molecule has 0 bridgehead atoms. The van der Waals surface area contributed by atoms with Gasteiger partial charge in [-0.05, 0) is 36.6 Å². The maximum absolute atomic E-state index is 9.12. The highest BCUT2D eigenvalue weighted by atomic mass is 16.3. The molecule has 0 spiro atoms. The van der Waals surface area contributed by atoms with Crippen LogP contribution in [0.3, 0.4) is 0 Å². The number of aromatic nitrogens is 2. The zero-order valence-electron chi connectivity index (χ0n) is 8.50. The van der Waals surface area contributed by atoms with Gasteiger partial charge in [0.1, 0.15) is 5.75 Å². The van der Waals surface area contributed by atoms with E-state index >= 15 is 0 Å². The molecule has 1 heterocycles. The predicted molar refractivity (Wildman–Crippen MR) is 58.7 cm³/mol. The van der Waals surface area contributed by atoms with Crippen LogP contribution in [-0.2, 0) is 13.0 Å². The normalized spacial score (nSPS) is 10.4. The van der Waals surface area contributed by atoms with E-state index < -0.39 is 0 Å².